The van der Waals surface area contributed by atoms with Gasteiger partial charge in [0.2, 0.25) is 0 Å². The Kier molecular flexibility index (Phi) is 8.85. The van der Waals surface area contributed by atoms with E-state index in [4.69, 9.17) is 9.47 Å². The Balaban J connectivity index is 1.93. The van der Waals surface area contributed by atoms with Gasteiger partial charge in [-0.3, -0.25) is 4.57 Å². The number of anilines is 1. The third-order valence-electron chi connectivity index (χ3n) is 5.32. The van der Waals surface area contributed by atoms with Gasteiger partial charge < -0.3 is 19.1 Å². The van der Waals surface area contributed by atoms with E-state index in [9.17, 15) is 9.66 Å². The Morgan fingerprint density at radius 1 is 1.18 bits per heavy atom. The summed E-state index contributed by atoms with van der Waals surface area (Å²) in [7, 11) is 3.12. The molecule has 0 saturated heterocycles. The molecule has 0 aliphatic heterocycles. The average Bonchev–Trinajstić information content (AvgIpc) is 3.22. The number of phenolic OH excluding ortho intramolecular Hbond substituents is 1. The third-order valence-corrected chi connectivity index (χ3v) is 6.79. The van der Waals surface area contributed by atoms with Crippen LogP contribution in [0.1, 0.15) is 37.0 Å². The summed E-state index contributed by atoms with van der Waals surface area (Å²) in [6.07, 6.45) is 7.64. The maximum absolute atomic E-state index is 13.3. The van der Waals surface area contributed by atoms with Crippen LogP contribution >= 0.6 is 0 Å². The minimum atomic E-state index is -1.56. The number of para-hydroxylation sites is 1. The SMILES string of the molecule is COC/C=C\Cc1nnc(N[S+]([O-])C(C)C(C)c2ncc(C)cn2)n1-c1c(O)cccc1OC. The molecule has 0 amide bonds. The van der Waals surface area contributed by atoms with Crippen molar-refractivity contribution in [3.05, 3.63) is 60.0 Å². The Hall–Kier alpha value is -3.15. The molecule has 34 heavy (non-hydrogen) atoms. The lowest BCUT2D eigenvalue weighted by Crippen LogP contribution is -2.31. The fourth-order valence-corrected chi connectivity index (χ4v) is 4.21. The van der Waals surface area contributed by atoms with Crippen LogP contribution in [0.5, 0.6) is 11.5 Å². The zero-order chi connectivity index (χ0) is 24.7. The molecule has 0 radical (unpaired) electrons. The van der Waals surface area contributed by atoms with Crippen LogP contribution in [0.4, 0.5) is 5.95 Å². The van der Waals surface area contributed by atoms with Crippen LogP contribution in [0.15, 0.2) is 42.7 Å². The van der Waals surface area contributed by atoms with Gasteiger partial charge in [-0.25, -0.2) is 9.97 Å². The number of hydrogen-bond donors (Lipinski definition) is 2. The Bertz CT molecular complexity index is 1110. The largest absolute Gasteiger partial charge is 0.593 e. The fourth-order valence-electron chi connectivity index (χ4n) is 3.22. The fraction of sp³-hybridized carbons (Fsp3) is 0.391. The van der Waals surface area contributed by atoms with E-state index in [2.05, 4.69) is 24.9 Å². The van der Waals surface area contributed by atoms with E-state index in [1.807, 2.05) is 32.9 Å². The van der Waals surface area contributed by atoms with E-state index in [-0.39, 0.29) is 22.9 Å². The average molecular weight is 487 g/mol. The summed E-state index contributed by atoms with van der Waals surface area (Å²) in [5.74, 6) is 1.57. The topological polar surface area (TPSA) is 130 Å². The van der Waals surface area contributed by atoms with E-state index in [1.165, 1.54) is 7.11 Å². The van der Waals surface area contributed by atoms with Gasteiger partial charge in [-0.15, -0.1) is 10.2 Å². The van der Waals surface area contributed by atoms with Crippen molar-refractivity contribution in [2.24, 2.45) is 0 Å². The van der Waals surface area contributed by atoms with Crippen LogP contribution in [0.2, 0.25) is 0 Å². The van der Waals surface area contributed by atoms with Crippen molar-refractivity contribution in [2.45, 2.75) is 38.4 Å². The van der Waals surface area contributed by atoms with Crippen LogP contribution in [0, 0.1) is 6.92 Å². The van der Waals surface area contributed by atoms with Crippen molar-refractivity contribution < 1.29 is 19.1 Å². The predicted molar refractivity (Wildman–Crippen MR) is 131 cm³/mol. The van der Waals surface area contributed by atoms with E-state index >= 15 is 0 Å². The lowest BCUT2D eigenvalue weighted by Gasteiger charge is -2.23. The molecule has 10 nitrogen and oxygen atoms in total. The summed E-state index contributed by atoms with van der Waals surface area (Å²) in [4.78, 5) is 8.73. The monoisotopic (exact) mass is 486 g/mol. The molecule has 3 rings (SSSR count). The highest BCUT2D eigenvalue weighted by atomic mass is 32.2. The summed E-state index contributed by atoms with van der Waals surface area (Å²) in [5, 5.41) is 18.8. The minimum absolute atomic E-state index is 0.0235. The molecule has 0 spiro atoms. The number of aromatic nitrogens is 5. The van der Waals surface area contributed by atoms with E-state index in [0.717, 1.165) is 5.56 Å². The zero-order valence-electron chi connectivity index (χ0n) is 19.9. The van der Waals surface area contributed by atoms with Crippen LogP contribution in [-0.4, -0.2) is 60.5 Å². The molecule has 11 heteroatoms. The summed E-state index contributed by atoms with van der Waals surface area (Å²) in [6, 6.07) is 4.94. The zero-order valence-corrected chi connectivity index (χ0v) is 20.7. The van der Waals surface area contributed by atoms with E-state index in [1.54, 1.807) is 42.3 Å². The van der Waals surface area contributed by atoms with Crippen LogP contribution < -0.4 is 9.46 Å². The number of allylic oxidation sites excluding steroid dienone is 1. The number of ether oxygens (including phenoxy) is 2. The summed E-state index contributed by atoms with van der Waals surface area (Å²) in [6.45, 7) is 6.16. The standard InChI is InChI=1S/C23H30N6O4S/c1-15-13-24-22(25-14-15)16(2)17(3)34(31)28-23-27-26-20(11-6-7-12-32-4)29(23)21-18(30)9-8-10-19(21)33-5/h6-10,13-14,16-17,30H,11-12H2,1-5H3,(H,27,28)/b7-6-. The predicted octanol–water partition coefficient (Wildman–Crippen LogP) is 3.09. The van der Waals surface area contributed by atoms with Crippen LogP contribution in [0.3, 0.4) is 0 Å². The Labute approximate surface area is 202 Å². The summed E-state index contributed by atoms with van der Waals surface area (Å²) >= 11 is -1.56. The first-order chi connectivity index (χ1) is 16.4. The first-order valence-electron chi connectivity index (χ1n) is 10.8. The van der Waals surface area contributed by atoms with Crippen LogP contribution in [-0.2, 0) is 22.5 Å². The van der Waals surface area contributed by atoms with Gasteiger partial charge in [0.1, 0.15) is 34.1 Å². The highest BCUT2D eigenvalue weighted by molar-refractivity contribution is 7.93. The molecule has 3 atom stereocenters. The Morgan fingerprint density at radius 3 is 2.59 bits per heavy atom. The number of methoxy groups -OCH3 is 2. The highest BCUT2D eigenvalue weighted by Crippen LogP contribution is 2.35. The molecule has 2 aromatic heterocycles. The molecule has 3 unspecified atom stereocenters. The Morgan fingerprint density at radius 2 is 1.91 bits per heavy atom. The maximum Gasteiger partial charge on any atom is 0.271 e. The van der Waals surface area contributed by atoms with Crippen molar-refractivity contribution in [1.29, 1.82) is 0 Å². The second-order valence-corrected chi connectivity index (χ2v) is 9.29. The molecule has 1 aromatic carbocycles. The molecular formula is C23H30N6O4S. The number of aryl methyl sites for hydroxylation is 1. The first-order valence-corrected chi connectivity index (χ1v) is 12.0. The normalized spacial score (nSPS) is 14.2. The molecule has 0 bridgehead atoms. The summed E-state index contributed by atoms with van der Waals surface area (Å²) < 4.78 is 28.4. The highest BCUT2D eigenvalue weighted by Gasteiger charge is 2.31. The van der Waals surface area contributed by atoms with Crippen molar-refractivity contribution in [2.75, 3.05) is 25.5 Å². The lowest BCUT2D eigenvalue weighted by atomic mass is 10.1. The number of nitrogens with zero attached hydrogens (tertiary/aromatic N) is 5. The third kappa shape index (κ3) is 5.85. The second kappa shape index (κ2) is 11.8. The van der Waals surface area contributed by atoms with Crippen molar-refractivity contribution >= 4 is 17.3 Å². The smallest absolute Gasteiger partial charge is 0.271 e. The maximum atomic E-state index is 13.3. The number of nitrogens with one attached hydrogen (secondary N) is 1. The minimum Gasteiger partial charge on any atom is -0.593 e. The second-order valence-electron chi connectivity index (χ2n) is 7.75. The van der Waals surface area contributed by atoms with Crippen molar-refractivity contribution in [1.82, 2.24) is 24.7 Å². The molecule has 2 heterocycles. The van der Waals surface area contributed by atoms with Gasteiger partial charge in [-0.2, -0.15) is 4.72 Å². The summed E-state index contributed by atoms with van der Waals surface area (Å²) in [5.41, 5.74) is 1.31. The quantitative estimate of drug-likeness (QED) is 0.310. The molecule has 2 N–H and O–H groups in total. The number of rotatable bonds is 11. The first kappa shape index (κ1) is 25.5. The molecule has 182 valence electrons. The van der Waals surface area contributed by atoms with E-state index in [0.29, 0.717) is 36.1 Å². The molecule has 0 saturated carbocycles. The number of aromatic hydroxyl groups is 1. The molecule has 3 aromatic rings. The van der Waals surface area contributed by atoms with Gasteiger partial charge >= 0.3 is 0 Å². The van der Waals surface area contributed by atoms with Gasteiger partial charge in [0.15, 0.2) is 0 Å². The molecular weight excluding hydrogens is 456 g/mol. The van der Waals surface area contributed by atoms with Gasteiger partial charge in [-0.05, 0) is 31.5 Å². The van der Waals surface area contributed by atoms with Gasteiger partial charge in [0, 0.05) is 25.9 Å². The van der Waals surface area contributed by atoms with E-state index < -0.39 is 11.4 Å². The van der Waals surface area contributed by atoms with Crippen LogP contribution in [0.25, 0.3) is 5.69 Å². The number of hydrogen-bond acceptors (Lipinski definition) is 9. The lowest BCUT2D eigenvalue weighted by molar-refractivity contribution is 0.233. The van der Waals surface area contributed by atoms with Gasteiger partial charge in [0.25, 0.3) is 5.95 Å². The van der Waals surface area contributed by atoms with Gasteiger partial charge in [-0.1, -0.05) is 25.1 Å². The number of phenols is 1. The van der Waals surface area contributed by atoms with Gasteiger partial charge in [0.05, 0.1) is 31.0 Å². The molecule has 0 fully saturated rings. The molecule has 0 aliphatic carbocycles. The molecule has 0 aliphatic rings. The van der Waals surface area contributed by atoms with Crippen molar-refractivity contribution in [3.63, 3.8) is 0 Å². The number of benzene rings is 1. The van der Waals surface area contributed by atoms with Crippen molar-refractivity contribution in [3.8, 4) is 17.2 Å².